The topological polar surface area (TPSA) is 83.9 Å². The Morgan fingerprint density at radius 2 is 2.05 bits per heavy atom. The molecule has 0 unspecified atom stereocenters. The van der Waals surface area contributed by atoms with Crippen molar-refractivity contribution in [1.82, 2.24) is 4.31 Å². The molecule has 0 saturated heterocycles. The fourth-order valence-electron chi connectivity index (χ4n) is 1.77. The van der Waals surface area contributed by atoms with Gasteiger partial charge in [-0.15, -0.1) is 0 Å². The lowest BCUT2D eigenvalue weighted by atomic mass is 10.1. The summed E-state index contributed by atoms with van der Waals surface area (Å²) < 4.78 is 29.6. The maximum atomic E-state index is 12.2. The van der Waals surface area contributed by atoms with Gasteiger partial charge >= 0.3 is 5.97 Å². The minimum Gasteiger partial charge on any atom is -0.505 e. The third-order valence-electron chi connectivity index (χ3n) is 2.76. The number of benzene rings is 1. The van der Waals surface area contributed by atoms with Crippen molar-refractivity contribution in [3.05, 3.63) is 34.5 Å². The maximum Gasteiger partial charge on any atom is 0.359 e. The number of fused-ring (bicyclic) bond motifs is 1. The van der Waals surface area contributed by atoms with Crippen LogP contribution in [0.3, 0.4) is 0 Å². The van der Waals surface area contributed by atoms with Gasteiger partial charge in [0.05, 0.1) is 7.11 Å². The van der Waals surface area contributed by atoms with E-state index in [1.54, 1.807) is 0 Å². The van der Waals surface area contributed by atoms with E-state index in [4.69, 9.17) is 11.6 Å². The standard InChI is InChI=1S/C11H10ClNO5S/c1-13-9(11(15)18-2)10(14)7-4-3-6(12)5-8(7)19(13,16)17/h3-5,14H,1-2H3. The van der Waals surface area contributed by atoms with Gasteiger partial charge in [-0.3, -0.25) is 4.31 Å². The Morgan fingerprint density at radius 3 is 2.63 bits per heavy atom. The van der Waals surface area contributed by atoms with E-state index in [1.807, 2.05) is 0 Å². The number of esters is 1. The number of aliphatic hydroxyl groups is 1. The SMILES string of the molecule is COC(=O)C1=C(O)c2ccc(Cl)cc2S(=O)(=O)N1C. The van der Waals surface area contributed by atoms with Gasteiger partial charge in [-0.2, -0.15) is 0 Å². The summed E-state index contributed by atoms with van der Waals surface area (Å²) in [7, 11) is -1.70. The number of hydrogen-bond acceptors (Lipinski definition) is 5. The monoisotopic (exact) mass is 303 g/mol. The van der Waals surface area contributed by atoms with Gasteiger partial charge in [0.15, 0.2) is 11.5 Å². The molecule has 102 valence electrons. The fourth-order valence-corrected chi connectivity index (χ4v) is 3.42. The van der Waals surface area contributed by atoms with Crippen molar-refractivity contribution in [3.63, 3.8) is 0 Å². The van der Waals surface area contributed by atoms with Crippen LogP contribution < -0.4 is 0 Å². The Hall–Kier alpha value is -1.73. The van der Waals surface area contributed by atoms with Crippen LogP contribution in [0.5, 0.6) is 0 Å². The van der Waals surface area contributed by atoms with Crippen molar-refractivity contribution >= 4 is 33.4 Å². The van der Waals surface area contributed by atoms with Gasteiger partial charge in [-0.1, -0.05) is 11.6 Å². The molecular weight excluding hydrogens is 294 g/mol. The lowest BCUT2D eigenvalue weighted by Crippen LogP contribution is -2.35. The number of carbonyl (C=O) groups is 1. The van der Waals surface area contributed by atoms with Crippen LogP contribution in [0, 0.1) is 0 Å². The van der Waals surface area contributed by atoms with Crippen LogP contribution in [0.25, 0.3) is 5.76 Å². The number of rotatable bonds is 1. The van der Waals surface area contributed by atoms with Crippen molar-refractivity contribution in [2.75, 3.05) is 14.2 Å². The van der Waals surface area contributed by atoms with Crippen molar-refractivity contribution in [2.45, 2.75) is 4.90 Å². The van der Waals surface area contributed by atoms with Crippen LogP contribution >= 0.6 is 11.6 Å². The first-order chi connectivity index (χ1) is 8.80. The Morgan fingerprint density at radius 1 is 1.42 bits per heavy atom. The third-order valence-corrected chi connectivity index (χ3v) is 4.79. The fraction of sp³-hybridized carbons (Fsp3) is 0.182. The van der Waals surface area contributed by atoms with Crippen LogP contribution in [0.2, 0.25) is 5.02 Å². The van der Waals surface area contributed by atoms with Crippen molar-refractivity contribution in [2.24, 2.45) is 0 Å². The Labute approximate surface area is 114 Å². The van der Waals surface area contributed by atoms with E-state index in [0.717, 1.165) is 14.2 Å². The molecule has 0 saturated carbocycles. The lowest BCUT2D eigenvalue weighted by molar-refractivity contribution is -0.137. The molecule has 1 aromatic carbocycles. The van der Waals surface area contributed by atoms with E-state index in [0.29, 0.717) is 4.31 Å². The molecule has 1 heterocycles. The number of hydrogen-bond donors (Lipinski definition) is 1. The second kappa shape index (κ2) is 4.43. The van der Waals surface area contributed by atoms with Crippen molar-refractivity contribution in [1.29, 1.82) is 0 Å². The number of carbonyl (C=O) groups excluding carboxylic acids is 1. The molecule has 0 radical (unpaired) electrons. The highest BCUT2D eigenvalue weighted by molar-refractivity contribution is 7.89. The average molecular weight is 304 g/mol. The van der Waals surface area contributed by atoms with Gasteiger partial charge in [0.25, 0.3) is 10.0 Å². The number of halogens is 1. The molecule has 1 aromatic rings. The molecule has 6 nitrogen and oxygen atoms in total. The minimum atomic E-state index is -3.95. The van der Waals surface area contributed by atoms with Crippen molar-refractivity contribution < 1.29 is 23.1 Å². The van der Waals surface area contributed by atoms with E-state index in [9.17, 15) is 18.3 Å². The smallest absolute Gasteiger partial charge is 0.359 e. The zero-order valence-corrected chi connectivity index (χ0v) is 11.6. The van der Waals surface area contributed by atoms with Gasteiger partial charge < -0.3 is 9.84 Å². The molecule has 0 atom stereocenters. The first kappa shape index (κ1) is 13.7. The molecule has 0 spiro atoms. The van der Waals surface area contributed by atoms with Crippen LogP contribution in [0.4, 0.5) is 0 Å². The lowest BCUT2D eigenvalue weighted by Gasteiger charge is -2.27. The summed E-state index contributed by atoms with van der Waals surface area (Å²) >= 11 is 5.75. The highest BCUT2D eigenvalue weighted by atomic mass is 35.5. The maximum absolute atomic E-state index is 12.2. The first-order valence-corrected chi connectivity index (χ1v) is 6.93. The number of aliphatic hydroxyl groups excluding tert-OH is 1. The summed E-state index contributed by atoms with van der Waals surface area (Å²) in [5.41, 5.74) is -0.416. The molecule has 1 N–H and O–H groups in total. The van der Waals surface area contributed by atoms with E-state index < -0.39 is 27.4 Å². The molecular formula is C11H10ClNO5S. The summed E-state index contributed by atoms with van der Waals surface area (Å²) in [5.74, 6) is -1.40. The Balaban J connectivity index is 2.83. The van der Waals surface area contributed by atoms with Crippen LogP contribution in [0.1, 0.15) is 5.56 Å². The van der Waals surface area contributed by atoms with E-state index >= 15 is 0 Å². The van der Waals surface area contributed by atoms with Crippen LogP contribution in [-0.2, 0) is 19.6 Å². The third kappa shape index (κ3) is 1.95. The highest BCUT2D eigenvalue weighted by Crippen LogP contribution is 2.36. The normalized spacial score (nSPS) is 17.1. The Bertz CT molecular complexity index is 695. The summed E-state index contributed by atoms with van der Waals surface area (Å²) in [6.07, 6.45) is 0. The molecule has 2 rings (SSSR count). The zero-order chi connectivity index (χ0) is 14.4. The van der Waals surface area contributed by atoms with Gasteiger partial charge in [-0.25, -0.2) is 13.2 Å². The summed E-state index contributed by atoms with van der Waals surface area (Å²) in [4.78, 5) is 11.4. The van der Waals surface area contributed by atoms with Gasteiger partial charge in [0, 0.05) is 17.6 Å². The van der Waals surface area contributed by atoms with Gasteiger partial charge in [0.1, 0.15) is 4.90 Å². The average Bonchev–Trinajstić information content (AvgIpc) is 2.36. The van der Waals surface area contributed by atoms with E-state index in [-0.39, 0.29) is 15.5 Å². The molecule has 0 fully saturated rings. The second-order valence-electron chi connectivity index (χ2n) is 3.80. The molecule has 0 amide bonds. The molecule has 1 aliphatic heterocycles. The van der Waals surface area contributed by atoms with Crippen LogP contribution in [0.15, 0.2) is 28.8 Å². The predicted octanol–water partition coefficient (Wildman–Crippen LogP) is 1.37. The molecule has 0 bridgehead atoms. The summed E-state index contributed by atoms with van der Waals surface area (Å²) in [5, 5.41) is 10.3. The minimum absolute atomic E-state index is 0.0166. The molecule has 1 aliphatic rings. The largest absolute Gasteiger partial charge is 0.505 e. The van der Waals surface area contributed by atoms with Gasteiger partial charge in [-0.05, 0) is 18.2 Å². The number of methoxy groups -OCH3 is 1. The van der Waals surface area contributed by atoms with E-state index in [2.05, 4.69) is 4.74 Å². The molecule has 0 aromatic heterocycles. The molecule has 19 heavy (non-hydrogen) atoms. The van der Waals surface area contributed by atoms with Crippen molar-refractivity contribution in [3.8, 4) is 0 Å². The number of sulfonamides is 1. The summed E-state index contributed by atoms with van der Waals surface area (Å²) in [6, 6.07) is 3.97. The van der Waals surface area contributed by atoms with Crippen LogP contribution in [-0.4, -0.2) is 38.0 Å². The number of nitrogens with zero attached hydrogens (tertiary/aromatic N) is 1. The van der Waals surface area contributed by atoms with Gasteiger partial charge in [0.2, 0.25) is 0 Å². The quantitative estimate of drug-likeness (QED) is 0.792. The zero-order valence-electron chi connectivity index (χ0n) is 10.0. The second-order valence-corrected chi connectivity index (χ2v) is 6.18. The molecule has 0 aliphatic carbocycles. The van der Waals surface area contributed by atoms with E-state index in [1.165, 1.54) is 18.2 Å². The molecule has 8 heteroatoms. The number of likely N-dealkylation sites (N-methyl/N-ethyl adjacent to an activating group) is 1. The highest BCUT2D eigenvalue weighted by Gasteiger charge is 2.38. The Kier molecular flexibility index (Phi) is 3.19. The summed E-state index contributed by atoms with van der Waals surface area (Å²) in [6.45, 7) is 0. The predicted molar refractivity (Wildman–Crippen MR) is 68.0 cm³/mol. The first-order valence-electron chi connectivity index (χ1n) is 5.11. The number of ether oxygens (including phenoxy) is 1.